The van der Waals surface area contributed by atoms with Gasteiger partial charge < -0.3 is 25.3 Å². The zero-order valence-corrected chi connectivity index (χ0v) is 14.0. The number of carbonyl (C=O) groups excluding carboxylic acids is 2. The van der Waals surface area contributed by atoms with Crippen molar-refractivity contribution in [2.75, 3.05) is 18.5 Å². The zero-order valence-electron chi connectivity index (χ0n) is 14.0. The van der Waals surface area contributed by atoms with Crippen LogP contribution in [0.15, 0.2) is 23.0 Å². The van der Waals surface area contributed by atoms with Gasteiger partial charge in [-0.25, -0.2) is 9.59 Å². The first-order valence-corrected chi connectivity index (χ1v) is 7.76. The number of hydrogen-bond acceptors (Lipinski definition) is 4. The van der Waals surface area contributed by atoms with E-state index in [9.17, 15) is 14.4 Å². The van der Waals surface area contributed by atoms with E-state index < -0.39 is 11.4 Å². The van der Waals surface area contributed by atoms with E-state index in [1.165, 1.54) is 0 Å². The summed E-state index contributed by atoms with van der Waals surface area (Å²) in [5.74, 6) is -0.283. The van der Waals surface area contributed by atoms with Crippen molar-refractivity contribution in [3.63, 3.8) is 0 Å². The van der Waals surface area contributed by atoms with Gasteiger partial charge >= 0.3 is 17.7 Å². The van der Waals surface area contributed by atoms with E-state index in [0.29, 0.717) is 23.1 Å². The topological polar surface area (TPSA) is 116 Å². The lowest BCUT2D eigenvalue weighted by atomic mass is 9.91. The summed E-state index contributed by atoms with van der Waals surface area (Å²) in [6, 6.07) is 4.60. The molecule has 1 heterocycles. The minimum Gasteiger partial charge on any atom is -0.463 e. The van der Waals surface area contributed by atoms with E-state index in [1.54, 1.807) is 18.2 Å². The van der Waals surface area contributed by atoms with Crippen molar-refractivity contribution in [3.8, 4) is 0 Å². The smallest absolute Gasteiger partial charge is 0.323 e. The van der Waals surface area contributed by atoms with E-state index in [1.807, 2.05) is 20.8 Å². The molecular weight excluding hydrogens is 312 g/mol. The van der Waals surface area contributed by atoms with Crippen LogP contribution in [0, 0.1) is 5.41 Å². The number of fused-ring (bicyclic) bond motifs is 1. The van der Waals surface area contributed by atoms with Crippen LogP contribution in [0.5, 0.6) is 0 Å². The van der Waals surface area contributed by atoms with Crippen molar-refractivity contribution in [1.82, 2.24) is 15.3 Å². The van der Waals surface area contributed by atoms with Gasteiger partial charge in [0.2, 0.25) is 0 Å². The first-order valence-electron chi connectivity index (χ1n) is 7.76. The highest BCUT2D eigenvalue weighted by Crippen LogP contribution is 2.21. The van der Waals surface area contributed by atoms with Crippen molar-refractivity contribution in [1.29, 1.82) is 0 Å². The summed E-state index contributed by atoms with van der Waals surface area (Å²) < 4.78 is 5.13. The van der Waals surface area contributed by atoms with Gasteiger partial charge in [0.05, 0.1) is 23.0 Å². The molecular formula is C16H22N4O4. The van der Waals surface area contributed by atoms with Gasteiger partial charge in [0.25, 0.3) is 0 Å². The van der Waals surface area contributed by atoms with Crippen LogP contribution in [0.4, 0.5) is 10.5 Å². The maximum atomic E-state index is 11.8. The Morgan fingerprint density at radius 2 is 1.92 bits per heavy atom. The summed E-state index contributed by atoms with van der Waals surface area (Å²) >= 11 is 0. The Labute approximate surface area is 139 Å². The normalized spacial score (nSPS) is 11.3. The van der Waals surface area contributed by atoms with E-state index in [0.717, 1.165) is 0 Å². The molecule has 8 heteroatoms. The first kappa shape index (κ1) is 17.6. The van der Waals surface area contributed by atoms with Crippen LogP contribution in [0.1, 0.15) is 27.2 Å². The van der Waals surface area contributed by atoms with Crippen molar-refractivity contribution >= 4 is 28.7 Å². The van der Waals surface area contributed by atoms with Crippen molar-refractivity contribution in [2.24, 2.45) is 5.41 Å². The molecule has 0 aliphatic carbocycles. The fourth-order valence-corrected chi connectivity index (χ4v) is 1.93. The Balaban J connectivity index is 1.78. The number of benzene rings is 1. The van der Waals surface area contributed by atoms with Crippen molar-refractivity contribution in [3.05, 3.63) is 28.7 Å². The predicted molar refractivity (Wildman–Crippen MR) is 91.0 cm³/mol. The summed E-state index contributed by atoms with van der Waals surface area (Å²) in [5.41, 5.74) is 0.984. The second kappa shape index (κ2) is 7.20. The van der Waals surface area contributed by atoms with Gasteiger partial charge in [-0.15, -0.1) is 0 Å². The molecule has 0 radical (unpaired) electrons. The second-order valence-electron chi connectivity index (χ2n) is 6.09. The number of aromatic amines is 2. The average molecular weight is 334 g/mol. The van der Waals surface area contributed by atoms with Gasteiger partial charge in [-0.05, 0) is 38.5 Å². The van der Waals surface area contributed by atoms with Crippen molar-refractivity contribution in [2.45, 2.75) is 27.2 Å². The molecule has 0 unspecified atom stereocenters. The average Bonchev–Trinajstić information content (AvgIpc) is 2.90. The van der Waals surface area contributed by atoms with Crippen LogP contribution in [0.3, 0.4) is 0 Å². The molecule has 2 rings (SSSR count). The molecule has 0 aliphatic heterocycles. The summed E-state index contributed by atoms with van der Waals surface area (Å²) in [6.07, 6.45) is 0.684. The number of urea groups is 1. The lowest BCUT2D eigenvalue weighted by Gasteiger charge is -2.20. The molecule has 0 atom stereocenters. The molecule has 24 heavy (non-hydrogen) atoms. The summed E-state index contributed by atoms with van der Waals surface area (Å²) in [7, 11) is 0. The van der Waals surface area contributed by atoms with Crippen LogP contribution in [-0.2, 0) is 9.53 Å². The molecule has 8 nitrogen and oxygen atoms in total. The van der Waals surface area contributed by atoms with E-state index in [2.05, 4.69) is 20.6 Å². The summed E-state index contributed by atoms with van der Waals surface area (Å²) in [4.78, 5) is 40.0. The Hall–Kier alpha value is -2.77. The van der Waals surface area contributed by atoms with Gasteiger partial charge in [0.1, 0.15) is 6.61 Å². The monoisotopic (exact) mass is 334 g/mol. The molecule has 2 amide bonds. The molecule has 1 aromatic heterocycles. The van der Waals surface area contributed by atoms with Crippen LogP contribution in [-0.4, -0.2) is 35.1 Å². The largest absolute Gasteiger partial charge is 0.463 e. The molecule has 2 aromatic rings. The number of esters is 1. The second-order valence-corrected chi connectivity index (χ2v) is 6.09. The van der Waals surface area contributed by atoms with Crippen molar-refractivity contribution < 1.29 is 14.3 Å². The van der Waals surface area contributed by atoms with Crippen LogP contribution < -0.4 is 16.3 Å². The third kappa shape index (κ3) is 4.37. The lowest BCUT2D eigenvalue weighted by Crippen LogP contribution is -2.34. The molecule has 0 saturated heterocycles. The van der Waals surface area contributed by atoms with E-state index >= 15 is 0 Å². The highest BCUT2D eigenvalue weighted by molar-refractivity contribution is 5.91. The van der Waals surface area contributed by atoms with Gasteiger partial charge in [-0.3, -0.25) is 4.79 Å². The summed E-state index contributed by atoms with van der Waals surface area (Å²) in [5, 5.41) is 5.25. The lowest BCUT2D eigenvalue weighted by molar-refractivity contribution is -0.153. The number of nitrogens with one attached hydrogen (secondary N) is 4. The number of hydrogen-bond donors (Lipinski definition) is 4. The maximum absolute atomic E-state index is 11.8. The Kier molecular flexibility index (Phi) is 5.28. The van der Waals surface area contributed by atoms with Crippen LogP contribution in [0.2, 0.25) is 0 Å². The SMILES string of the molecule is CCC(C)(C)C(=O)OCCNC(=O)Nc1ccc2[nH]c(=O)[nH]c2c1. The number of anilines is 1. The highest BCUT2D eigenvalue weighted by Gasteiger charge is 2.26. The Morgan fingerprint density at radius 3 is 2.62 bits per heavy atom. The molecule has 0 aliphatic rings. The number of imidazole rings is 1. The Morgan fingerprint density at radius 1 is 1.21 bits per heavy atom. The number of aromatic nitrogens is 2. The molecule has 0 saturated carbocycles. The fraction of sp³-hybridized carbons (Fsp3) is 0.438. The standard InChI is InChI=1S/C16H22N4O4/c1-4-16(2,3)13(21)24-8-7-17-14(22)18-10-5-6-11-12(9-10)20-15(23)19-11/h5-6,9H,4,7-8H2,1-3H3,(H2,17,18,22)(H2,19,20,23). The number of carbonyl (C=O) groups is 2. The Bertz CT molecular complexity index is 791. The zero-order chi connectivity index (χ0) is 17.7. The highest BCUT2D eigenvalue weighted by atomic mass is 16.5. The quantitative estimate of drug-likeness (QED) is 0.477. The number of H-pyrrole nitrogens is 2. The number of amides is 2. The number of ether oxygens (including phenoxy) is 1. The fourth-order valence-electron chi connectivity index (χ4n) is 1.93. The van der Waals surface area contributed by atoms with Gasteiger partial charge in [-0.2, -0.15) is 0 Å². The van der Waals surface area contributed by atoms with Crippen LogP contribution >= 0.6 is 0 Å². The maximum Gasteiger partial charge on any atom is 0.323 e. The first-order chi connectivity index (χ1) is 11.3. The molecule has 0 bridgehead atoms. The molecule has 0 fully saturated rings. The van der Waals surface area contributed by atoms with Crippen LogP contribution in [0.25, 0.3) is 11.0 Å². The number of rotatable bonds is 6. The summed E-state index contributed by atoms with van der Waals surface area (Å²) in [6.45, 7) is 5.87. The predicted octanol–water partition coefficient (Wildman–Crippen LogP) is 1.96. The third-order valence-corrected chi connectivity index (χ3v) is 3.83. The van der Waals surface area contributed by atoms with Gasteiger partial charge in [0, 0.05) is 5.69 Å². The molecule has 130 valence electrons. The minimum absolute atomic E-state index is 0.111. The molecule has 0 spiro atoms. The van der Waals surface area contributed by atoms with E-state index in [-0.39, 0.29) is 24.8 Å². The van der Waals surface area contributed by atoms with Gasteiger partial charge in [0.15, 0.2) is 0 Å². The third-order valence-electron chi connectivity index (χ3n) is 3.83. The van der Waals surface area contributed by atoms with Gasteiger partial charge in [-0.1, -0.05) is 6.92 Å². The molecule has 1 aromatic carbocycles. The van der Waals surface area contributed by atoms with E-state index in [4.69, 9.17) is 4.74 Å². The molecule has 4 N–H and O–H groups in total. The minimum atomic E-state index is -0.523.